The standard InChI is InChI=1S/C26H32N2O3.C7H6O2.CH4.2H2/c1-26(11-12-26)24(30)15-18-4-5-21(16-28-13-10-22(29)17-28)23(14-18)19-6-8-20(9-7-19)25(31)27(2)3;1-2-4-7-6(3-1)8-5-9-7;;;/h4-9,14,22,29H,10-13,15-17H2,1-3H3;1-4H,5H2;1H4;2*1H/t22-;;;;/m1..../s1. The highest BCUT2D eigenvalue weighted by atomic mass is 16.7. The molecule has 222 valence electrons. The Balaban J connectivity index is 0.000000459. The number of carbonyl (C=O) groups excluding carboxylic acids is 2. The zero-order chi connectivity index (χ0) is 28.3. The number of aliphatic hydroxyl groups is 1. The van der Waals surface area contributed by atoms with Gasteiger partial charge in [0, 0.05) is 54.0 Å². The summed E-state index contributed by atoms with van der Waals surface area (Å²) in [5.41, 5.74) is 4.87. The molecule has 3 aliphatic rings. The van der Waals surface area contributed by atoms with Crippen molar-refractivity contribution >= 4 is 11.7 Å². The van der Waals surface area contributed by atoms with Crippen molar-refractivity contribution in [1.82, 2.24) is 9.80 Å². The third-order valence-electron chi connectivity index (χ3n) is 7.98. The molecule has 1 saturated carbocycles. The number of benzene rings is 3. The maximum atomic E-state index is 12.6. The smallest absolute Gasteiger partial charge is 0.253 e. The molecule has 1 saturated heterocycles. The minimum absolute atomic E-state index is 0. The fourth-order valence-corrected chi connectivity index (χ4v) is 5.10. The lowest BCUT2D eigenvalue weighted by Crippen LogP contribution is -2.22. The Labute approximate surface area is 246 Å². The first-order valence-electron chi connectivity index (χ1n) is 13.9. The molecule has 7 heteroatoms. The van der Waals surface area contributed by atoms with Crippen LogP contribution in [0.1, 0.15) is 58.0 Å². The maximum Gasteiger partial charge on any atom is 0.253 e. The van der Waals surface area contributed by atoms with Crippen LogP contribution in [0.2, 0.25) is 0 Å². The fourth-order valence-electron chi connectivity index (χ4n) is 5.10. The van der Waals surface area contributed by atoms with Crippen molar-refractivity contribution < 1.29 is 27.0 Å². The second kappa shape index (κ2) is 12.9. The summed E-state index contributed by atoms with van der Waals surface area (Å²) < 4.78 is 10.2. The molecule has 3 aromatic carbocycles. The molecule has 2 aliphatic heterocycles. The third kappa shape index (κ3) is 7.34. The van der Waals surface area contributed by atoms with E-state index in [0.29, 0.717) is 31.1 Å². The van der Waals surface area contributed by atoms with E-state index in [0.717, 1.165) is 60.5 Å². The molecule has 6 rings (SSSR count). The van der Waals surface area contributed by atoms with Crippen LogP contribution in [-0.4, -0.2) is 66.7 Å². The summed E-state index contributed by atoms with van der Waals surface area (Å²) in [6.45, 7) is 4.75. The lowest BCUT2D eigenvalue weighted by Gasteiger charge is -2.19. The van der Waals surface area contributed by atoms with Gasteiger partial charge in [-0.2, -0.15) is 0 Å². The number of nitrogens with zero attached hydrogens (tertiary/aromatic N) is 2. The summed E-state index contributed by atoms with van der Waals surface area (Å²) in [5.74, 6) is 1.99. The monoisotopic (exact) mass is 562 g/mol. The molecule has 1 aliphatic carbocycles. The highest BCUT2D eigenvalue weighted by Gasteiger charge is 2.44. The summed E-state index contributed by atoms with van der Waals surface area (Å²) in [6, 6.07) is 21.7. The van der Waals surface area contributed by atoms with Gasteiger partial charge < -0.3 is 19.5 Å². The summed E-state index contributed by atoms with van der Waals surface area (Å²) in [4.78, 5) is 28.7. The second-order valence-corrected chi connectivity index (χ2v) is 11.5. The molecule has 41 heavy (non-hydrogen) atoms. The largest absolute Gasteiger partial charge is 0.454 e. The molecule has 0 spiro atoms. The quantitative estimate of drug-likeness (QED) is 0.376. The van der Waals surface area contributed by atoms with Gasteiger partial charge in [0.1, 0.15) is 5.78 Å². The fraction of sp³-hybridized carbons (Fsp3) is 0.412. The van der Waals surface area contributed by atoms with E-state index in [1.54, 1.807) is 19.0 Å². The zero-order valence-corrected chi connectivity index (χ0v) is 23.6. The van der Waals surface area contributed by atoms with E-state index in [2.05, 4.69) is 30.0 Å². The first-order chi connectivity index (χ1) is 19.2. The number of hydrogen-bond donors (Lipinski definition) is 1. The molecule has 0 bridgehead atoms. The Bertz CT molecular complexity index is 1350. The molecule has 2 fully saturated rings. The van der Waals surface area contributed by atoms with Gasteiger partial charge in [-0.15, -0.1) is 0 Å². The van der Waals surface area contributed by atoms with Crippen molar-refractivity contribution in [2.45, 2.75) is 52.7 Å². The zero-order valence-electron chi connectivity index (χ0n) is 23.6. The van der Waals surface area contributed by atoms with E-state index in [9.17, 15) is 14.7 Å². The summed E-state index contributed by atoms with van der Waals surface area (Å²) in [7, 11) is 3.50. The number of amides is 1. The number of ether oxygens (including phenoxy) is 2. The Kier molecular flexibility index (Phi) is 9.51. The number of fused-ring (bicyclic) bond motifs is 1. The average molecular weight is 563 g/mol. The molecular weight excluding hydrogens is 516 g/mol. The number of para-hydroxylation sites is 2. The lowest BCUT2D eigenvalue weighted by atomic mass is 9.92. The minimum atomic E-state index is -0.254. The molecular formula is C34H46N2O5. The molecule has 2 heterocycles. The van der Waals surface area contributed by atoms with Crippen LogP contribution in [0.5, 0.6) is 11.5 Å². The van der Waals surface area contributed by atoms with Crippen molar-refractivity contribution in [1.29, 1.82) is 0 Å². The molecule has 1 atom stereocenters. The SMILES string of the molecule is C.CN(C)C(=O)c1ccc(-c2cc(CC(=O)C3(C)CC3)ccc2CN2CC[C@@H](O)C2)cc1.[HH].[HH].c1ccc2c(c1)OCO2. The van der Waals surface area contributed by atoms with Gasteiger partial charge in [-0.05, 0) is 65.8 Å². The lowest BCUT2D eigenvalue weighted by molar-refractivity contribution is -0.122. The van der Waals surface area contributed by atoms with Gasteiger partial charge in [-0.3, -0.25) is 14.5 Å². The number of rotatable bonds is 7. The van der Waals surface area contributed by atoms with Crippen LogP contribution in [0.3, 0.4) is 0 Å². The van der Waals surface area contributed by atoms with E-state index in [1.807, 2.05) is 48.5 Å². The number of β-amino-alcohol motifs (C(OH)–C–C–N with tert-alkyl or cyclic N) is 1. The van der Waals surface area contributed by atoms with Crippen LogP contribution in [0, 0.1) is 5.41 Å². The van der Waals surface area contributed by atoms with Crippen molar-refractivity contribution in [3.05, 3.63) is 83.4 Å². The van der Waals surface area contributed by atoms with Crippen LogP contribution < -0.4 is 9.47 Å². The van der Waals surface area contributed by atoms with Crippen LogP contribution >= 0.6 is 0 Å². The number of carbonyl (C=O) groups is 2. The predicted octanol–water partition coefficient (Wildman–Crippen LogP) is 6.08. The van der Waals surface area contributed by atoms with Gasteiger partial charge in [-0.25, -0.2) is 0 Å². The number of Topliss-reactive ketones (excluding diaryl/α,β-unsaturated/α-hetero) is 1. The number of likely N-dealkylation sites (tertiary alicyclic amines) is 1. The van der Waals surface area contributed by atoms with Crippen molar-refractivity contribution in [3.63, 3.8) is 0 Å². The molecule has 1 amide bonds. The second-order valence-electron chi connectivity index (χ2n) is 11.5. The van der Waals surface area contributed by atoms with Gasteiger partial charge in [0.15, 0.2) is 11.5 Å². The van der Waals surface area contributed by atoms with Crippen LogP contribution in [0.4, 0.5) is 0 Å². The van der Waals surface area contributed by atoms with Crippen molar-refractivity contribution in [2.24, 2.45) is 5.41 Å². The highest BCUT2D eigenvalue weighted by molar-refractivity contribution is 5.94. The normalized spacial score (nSPS) is 18.1. The first kappa shape index (κ1) is 30.3. The molecule has 0 radical (unpaired) electrons. The van der Waals surface area contributed by atoms with Crippen LogP contribution in [-0.2, 0) is 17.8 Å². The Hall–Kier alpha value is -3.68. The average Bonchev–Trinajstić information content (AvgIpc) is 3.32. The third-order valence-corrected chi connectivity index (χ3v) is 7.98. The maximum absolute atomic E-state index is 12.6. The van der Waals surface area contributed by atoms with E-state index in [4.69, 9.17) is 9.47 Å². The summed E-state index contributed by atoms with van der Waals surface area (Å²) >= 11 is 0. The molecule has 7 nitrogen and oxygen atoms in total. The van der Waals surface area contributed by atoms with Crippen molar-refractivity contribution in [3.8, 4) is 22.6 Å². The Morgan fingerprint density at radius 3 is 2.24 bits per heavy atom. The molecule has 3 aromatic rings. The topological polar surface area (TPSA) is 79.3 Å². The summed E-state index contributed by atoms with van der Waals surface area (Å²) in [5, 5.41) is 9.90. The Morgan fingerprint density at radius 1 is 1.02 bits per heavy atom. The number of aliphatic hydroxyl groups excluding tert-OH is 1. The molecule has 1 N–H and O–H groups in total. The summed E-state index contributed by atoms with van der Waals surface area (Å²) in [6.07, 6.45) is 3.01. The van der Waals surface area contributed by atoms with Gasteiger partial charge in [-0.1, -0.05) is 56.8 Å². The molecule has 0 unspecified atom stereocenters. The van der Waals surface area contributed by atoms with Gasteiger partial charge >= 0.3 is 0 Å². The van der Waals surface area contributed by atoms with E-state index >= 15 is 0 Å². The van der Waals surface area contributed by atoms with E-state index < -0.39 is 0 Å². The van der Waals surface area contributed by atoms with Crippen LogP contribution in [0.25, 0.3) is 11.1 Å². The van der Waals surface area contributed by atoms with Gasteiger partial charge in [0.2, 0.25) is 6.79 Å². The first-order valence-corrected chi connectivity index (χ1v) is 13.9. The predicted molar refractivity (Wildman–Crippen MR) is 165 cm³/mol. The number of hydrogen-bond acceptors (Lipinski definition) is 6. The Morgan fingerprint density at radius 2 is 1.68 bits per heavy atom. The highest BCUT2D eigenvalue weighted by Crippen LogP contribution is 2.46. The van der Waals surface area contributed by atoms with Crippen LogP contribution in [0.15, 0.2) is 66.7 Å². The molecule has 0 aromatic heterocycles. The van der Waals surface area contributed by atoms with Crippen molar-refractivity contribution in [2.75, 3.05) is 34.0 Å². The minimum Gasteiger partial charge on any atom is -0.454 e. The van der Waals surface area contributed by atoms with Gasteiger partial charge in [0.25, 0.3) is 5.91 Å². The van der Waals surface area contributed by atoms with Gasteiger partial charge in [0.05, 0.1) is 6.10 Å². The van der Waals surface area contributed by atoms with E-state index in [1.165, 1.54) is 5.56 Å². The number of ketones is 1. The van der Waals surface area contributed by atoms with E-state index in [-0.39, 0.29) is 27.7 Å².